The van der Waals surface area contributed by atoms with Crippen molar-refractivity contribution in [1.29, 1.82) is 0 Å². The Balaban J connectivity index is 1.75. The molecule has 0 aliphatic carbocycles. The minimum Gasteiger partial charge on any atom is -0.387 e. The van der Waals surface area contributed by atoms with E-state index in [4.69, 9.17) is 23.2 Å². The molecule has 1 aliphatic rings. The van der Waals surface area contributed by atoms with E-state index in [-0.39, 0.29) is 6.04 Å². The second-order valence-electron chi connectivity index (χ2n) is 5.63. The number of hydrogen-bond acceptors (Lipinski definition) is 4. The first-order chi connectivity index (χ1) is 10.6. The molecule has 0 radical (unpaired) electrons. The van der Waals surface area contributed by atoms with Crippen LogP contribution in [0.15, 0.2) is 24.5 Å². The number of rotatable bonds is 4. The van der Waals surface area contributed by atoms with E-state index in [0.717, 1.165) is 25.2 Å². The van der Waals surface area contributed by atoms with Gasteiger partial charge >= 0.3 is 0 Å². The summed E-state index contributed by atoms with van der Waals surface area (Å²) < 4.78 is 1.94. The summed E-state index contributed by atoms with van der Waals surface area (Å²) in [5, 5.41) is 19.7. The molecule has 3 rings (SSSR count). The molecule has 0 saturated carbocycles. The molecule has 2 aromatic rings. The van der Waals surface area contributed by atoms with Crippen LogP contribution in [0.2, 0.25) is 10.0 Å². The van der Waals surface area contributed by atoms with Crippen LogP contribution in [0.25, 0.3) is 0 Å². The number of benzene rings is 1. The highest BCUT2D eigenvalue weighted by Gasteiger charge is 2.31. The number of aryl methyl sites for hydroxylation is 1. The maximum absolute atomic E-state index is 10.5. The van der Waals surface area contributed by atoms with Gasteiger partial charge in [-0.25, -0.2) is 0 Å². The molecule has 1 aromatic heterocycles. The number of hydrogen-bond donors (Lipinski definition) is 1. The van der Waals surface area contributed by atoms with Crippen molar-refractivity contribution < 1.29 is 5.11 Å². The van der Waals surface area contributed by atoms with Gasteiger partial charge in [0.05, 0.1) is 12.1 Å². The molecule has 1 aliphatic heterocycles. The van der Waals surface area contributed by atoms with Crippen molar-refractivity contribution >= 4 is 23.2 Å². The Morgan fingerprint density at radius 1 is 1.41 bits per heavy atom. The fourth-order valence-corrected chi connectivity index (χ4v) is 3.56. The van der Waals surface area contributed by atoms with E-state index in [0.29, 0.717) is 22.2 Å². The van der Waals surface area contributed by atoms with Crippen LogP contribution in [0.1, 0.15) is 36.4 Å². The van der Waals surface area contributed by atoms with Gasteiger partial charge in [0.15, 0.2) is 0 Å². The first-order valence-electron chi connectivity index (χ1n) is 7.27. The van der Waals surface area contributed by atoms with E-state index in [9.17, 15) is 5.11 Å². The molecule has 2 atom stereocenters. The van der Waals surface area contributed by atoms with E-state index >= 15 is 0 Å². The second kappa shape index (κ2) is 6.54. The highest BCUT2D eigenvalue weighted by Crippen LogP contribution is 2.33. The summed E-state index contributed by atoms with van der Waals surface area (Å²) in [6.07, 6.45) is 3.16. The zero-order valence-electron chi connectivity index (χ0n) is 12.3. The molecule has 1 saturated heterocycles. The maximum atomic E-state index is 10.5. The molecule has 22 heavy (non-hydrogen) atoms. The number of nitrogens with zero attached hydrogens (tertiary/aromatic N) is 4. The summed E-state index contributed by atoms with van der Waals surface area (Å²) in [5.74, 6) is 0.937. The summed E-state index contributed by atoms with van der Waals surface area (Å²) in [6.45, 7) is 1.44. The Morgan fingerprint density at radius 2 is 2.23 bits per heavy atom. The van der Waals surface area contributed by atoms with Crippen LogP contribution < -0.4 is 0 Å². The van der Waals surface area contributed by atoms with Crippen LogP contribution >= 0.6 is 23.2 Å². The minimum absolute atomic E-state index is 0.188. The van der Waals surface area contributed by atoms with Gasteiger partial charge in [0.25, 0.3) is 0 Å². The molecule has 2 unspecified atom stereocenters. The number of halogens is 2. The minimum atomic E-state index is -0.654. The number of aliphatic hydroxyl groups excluding tert-OH is 1. The quantitative estimate of drug-likeness (QED) is 0.929. The fraction of sp³-hybridized carbons (Fsp3) is 0.467. The van der Waals surface area contributed by atoms with E-state index < -0.39 is 6.10 Å². The summed E-state index contributed by atoms with van der Waals surface area (Å²) in [4.78, 5) is 2.24. The summed E-state index contributed by atoms with van der Waals surface area (Å²) in [5.41, 5.74) is 0.703. The molecule has 2 heterocycles. The van der Waals surface area contributed by atoms with Crippen LogP contribution in [-0.4, -0.2) is 37.9 Å². The Labute approximate surface area is 139 Å². The van der Waals surface area contributed by atoms with E-state index in [1.165, 1.54) is 0 Å². The predicted octanol–water partition coefficient (Wildman–Crippen LogP) is 2.99. The Hall–Kier alpha value is -1.14. The number of aliphatic hydroxyl groups is 1. The zero-order chi connectivity index (χ0) is 15.7. The lowest BCUT2D eigenvalue weighted by Gasteiger charge is -2.26. The third-order valence-corrected chi connectivity index (χ3v) is 4.70. The average molecular weight is 341 g/mol. The molecule has 1 aromatic carbocycles. The number of aromatic nitrogens is 3. The number of likely N-dealkylation sites (tertiary alicyclic amines) is 1. The first-order valence-corrected chi connectivity index (χ1v) is 8.03. The van der Waals surface area contributed by atoms with Crippen molar-refractivity contribution in [3.63, 3.8) is 0 Å². The highest BCUT2D eigenvalue weighted by atomic mass is 35.5. The molecule has 5 nitrogen and oxygen atoms in total. The van der Waals surface area contributed by atoms with Gasteiger partial charge in [-0.1, -0.05) is 29.3 Å². The lowest BCUT2D eigenvalue weighted by atomic mass is 10.1. The van der Waals surface area contributed by atoms with Crippen molar-refractivity contribution in [2.24, 2.45) is 7.05 Å². The van der Waals surface area contributed by atoms with Gasteiger partial charge in [0.1, 0.15) is 12.2 Å². The fourth-order valence-electron chi connectivity index (χ4n) is 3.02. The van der Waals surface area contributed by atoms with Gasteiger partial charge in [-0.2, -0.15) is 0 Å². The molecule has 7 heteroatoms. The van der Waals surface area contributed by atoms with E-state index in [1.807, 2.05) is 11.6 Å². The van der Waals surface area contributed by atoms with Gasteiger partial charge in [-0.3, -0.25) is 4.90 Å². The zero-order valence-corrected chi connectivity index (χ0v) is 13.8. The molecule has 1 fully saturated rings. The monoisotopic (exact) mass is 340 g/mol. The Kier molecular flexibility index (Phi) is 4.68. The average Bonchev–Trinajstić information content (AvgIpc) is 3.07. The Morgan fingerprint density at radius 3 is 2.91 bits per heavy atom. The second-order valence-corrected chi connectivity index (χ2v) is 6.48. The normalized spacial score (nSPS) is 20.5. The maximum Gasteiger partial charge on any atom is 0.149 e. The summed E-state index contributed by atoms with van der Waals surface area (Å²) >= 11 is 12.1. The molecule has 0 bridgehead atoms. The van der Waals surface area contributed by atoms with Crippen LogP contribution in [0.5, 0.6) is 0 Å². The van der Waals surface area contributed by atoms with Crippen LogP contribution in [0, 0.1) is 0 Å². The van der Waals surface area contributed by atoms with Gasteiger partial charge in [-0.05, 0) is 31.5 Å². The molecule has 0 spiro atoms. The first kappa shape index (κ1) is 15.7. The van der Waals surface area contributed by atoms with Crippen molar-refractivity contribution in [2.75, 3.05) is 13.1 Å². The third kappa shape index (κ3) is 3.13. The lowest BCUT2D eigenvalue weighted by molar-refractivity contribution is 0.103. The number of β-amino-alcohol motifs (C(OH)–C–C–N with tert-alkyl or cyclic N) is 1. The van der Waals surface area contributed by atoms with Crippen molar-refractivity contribution in [3.05, 3.63) is 46.0 Å². The summed E-state index contributed by atoms with van der Waals surface area (Å²) in [7, 11) is 1.94. The highest BCUT2D eigenvalue weighted by molar-refractivity contribution is 6.35. The molecular formula is C15H18Cl2N4O. The van der Waals surface area contributed by atoms with Crippen molar-refractivity contribution in [1.82, 2.24) is 19.7 Å². The van der Waals surface area contributed by atoms with E-state index in [2.05, 4.69) is 15.1 Å². The molecule has 1 N–H and O–H groups in total. The van der Waals surface area contributed by atoms with Crippen molar-refractivity contribution in [3.8, 4) is 0 Å². The van der Waals surface area contributed by atoms with Gasteiger partial charge in [0.2, 0.25) is 0 Å². The largest absolute Gasteiger partial charge is 0.387 e. The molecule has 118 valence electrons. The lowest BCUT2D eigenvalue weighted by Crippen LogP contribution is -2.30. The standard InChI is InChI=1S/C15H18Cl2N4O/c1-20-9-18-19-15(20)13-3-2-6-21(13)8-14(22)11-5-4-10(16)7-12(11)17/h4-5,7,9,13-14,22H,2-3,6,8H2,1H3. The predicted molar refractivity (Wildman–Crippen MR) is 86.0 cm³/mol. The topological polar surface area (TPSA) is 54.2 Å². The van der Waals surface area contributed by atoms with Gasteiger partial charge in [0, 0.05) is 29.2 Å². The molecular weight excluding hydrogens is 323 g/mol. The third-order valence-electron chi connectivity index (χ3n) is 4.14. The van der Waals surface area contributed by atoms with E-state index in [1.54, 1.807) is 24.5 Å². The van der Waals surface area contributed by atoms with Crippen LogP contribution in [0.3, 0.4) is 0 Å². The summed E-state index contributed by atoms with van der Waals surface area (Å²) in [6, 6.07) is 5.37. The van der Waals surface area contributed by atoms with Crippen LogP contribution in [0.4, 0.5) is 0 Å². The van der Waals surface area contributed by atoms with Crippen LogP contribution in [-0.2, 0) is 7.05 Å². The SMILES string of the molecule is Cn1cnnc1C1CCCN1CC(O)c1ccc(Cl)cc1Cl. The Bertz CT molecular complexity index is 661. The van der Waals surface area contributed by atoms with Gasteiger partial charge < -0.3 is 9.67 Å². The van der Waals surface area contributed by atoms with Crippen molar-refractivity contribution in [2.45, 2.75) is 25.0 Å². The molecule has 0 amide bonds. The smallest absolute Gasteiger partial charge is 0.149 e. The van der Waals surface area contributed by atoms with Gasteiger partial charge in [-0.15, -0.1) is 10.2 Å².